The van der Waals surface area contributed by atoms with E-state index in [1.165, 1.54) is 14.5 Å². The monoisotopic (exact) mass is 349 g/mol. The van der Waals surface area contributed by atoms with E-state index >= 15 is 0 Å². The first-order valence-corrected chi connectivity index (χ1v) is 6.92. The Kier molecular flexibility index (Phi) is 3.27. The van der Waals surface area contributed by atoms with Gasteiger partial charge in [-0.2, -0.15) is 5.10 Å². The van der Waals surface area contributed by atoms with Crippen LogP contribution in [0, 0.1) is 3.57 Å². The summed E-state index contributed by atoms with van der Waals surface area (Å²) >= 11 is 2.33. The third kappa shape index (κ3) is 2.38. The number of aryl methyl sites for hydroxylation is 2. The zero-order valence-electron chi connectivity index (χ0n) is 9.75. The summed E-state index contributed by atoms with van der Waals surface area (Å²) in [5.74, 6) is 0. The van der Waals surface area contributed by atoms with E-state index in [4.69, 9.17) is 0 Å². The number of hydrogen-bond donors (Lipinski definition) is 0. The molecule has 0 spiro atoms. The second-order valence-electron chi connectivity index (χ2n) is 4.14. The van der Waals surface area contributed by atoms with Crippen LogP contribution in [0.3, 0.4) is 0 Å². The van der Waals surface area contributed by atoms with Gasteiger partial charge in [-0.3, -0.25) is 9.67 Å². The highest BCUT2D eigenvalue weighted by Crippen LogP contribution is 2.17. The predicted molar refractivity (Wildman–Crippen MR) is 80.4 cm³/mol. The van der Waals surface area contributed by atoms with Crippen molar-refractivity contribution >= 4 is 33.5 Å². The Labute approximate surface area is 119 Å². The van der Waals surface area contributed by atoms with Crippen molar-refractivity contribution in [1.29, 1.82) is 0 Å². The molecule has 90 valence electrons. The van der Waals surface area contributed by atoms with Gasteiger partial charge in [0, 0.05) is 33.8 Å². The molecule has 2 heterocycles. The maximum absolute atomic E-state index is 4.44. The molecular weight excluding hydrogens is 337 g/mol. The SMILES string of the molecule is Ic1ccc2cnn(CCc3ccccn3)c2c1. The van der Waals surface area contributed by atoms with Crippen LogP contribution in [-0.2, 0) is 13.0 Å². The molecule has 0 atom stereocenters. The normalized spacial score (nSPS) is 10.9. The first kappa shape index (κ1) is 11.6. The Balaban J connectivity index is 1.85. The summed E-state index contributed by atoms with van der Waals surface area (Å²) in [6, 6.07) is 12.4. The lowest BCUT2D eigenvalue weighted by Gasteiger charge is -2.03. The first-order chi connectivity index (χ1) is 8.83. The fraction of sp³-hybridized carbons (Fsp3) is 0.143. The topological polar surface area (TPSA) is 30.7 Å². The molecule has 1 aromatic carbocycles. The number of nitrogens with zero attached hydrogens (tertiary/aromatic N) is 3. The van der Waals surface area contributed by atoms with Gasteiger partial charge < -0.3 is 0 Å². The van der Waals surface area contributed by atoms with Crippen LogP contribution >= 0.6 is 22.6 Å². The van der Waals surface area contributed by atoms with Crippen molar-refractivity contribution in [2.24, 2.45) is 0 Å². The molecule has 0 saturated heterocycles. The fourth-order valence-corrected chi connectivity index (χ4v) is 2.46. The molecule has 2 aromatic heterocycles. The van der Waals surface area contributed by atoms with Gasteiger partial charge in [-0.15, -0.1) is 0 Å². The molecule has 0 amide bonds. The average Bonchev–Trinajstić information content (AvgIpc) is 2.80. The van der Waals surface area contributed by atoms with Crippen LogP contribution in [0.25, 0.3) is 10.9 Å². The third-order valence-electron chi connectivity index (χ3n) is 2.91. The van der Waals surface area contributed by atoms with Crippen LogP contribution in [0.4, 0.5) is 0 Å². The smallest absolute Gasteiger partial charge is 0.0693 e. The Hall–Kier alpha value is -1.43. The number of halogens is 1. The van der Waals surface area contributed by atoms with Crippen LogP contribution in [0.2, 0.25) is 0 Å². The van der Waals surface area contributed by atoms with Crippen LogP contribution < -0.4 is 0 Å². The maximum atomic E-state index is 4.44. The van der Waals surface area contributed by atoms with Crippen molar-refractivity contribution in [3.05, 3.63) is 58.1 Å². The molecule has 4 heteroatoms. The van der Waals surface area contributed by atoms with Crippen molar-refractivity contribution in [2.45, 2.75) is 13.0 Å². The third-order valence-corrected chi connectivity index (χ3v) is 3.58. The van der Waals surface area contributed by atoms with Crippen LogP contribution in [0.15, 0.2) is 48.8 Å². The van der Waals surface area contributed by atoms with Gasteiger partial charge in [0.05, 0.1) is 11.7 Å². The van der Waals surface area contributed by atoms with Gasteiger partial charge in [-0.05, 0) is 46.9 Å². The molecule has 0 aliphatic rings. The minimum absolute atomic E-state index is 0.862. The maximum Gasteiger partial charge on any atom is 0.0693 e. The van der Waals surface area contributed by atoms with Crippen LogP contribution in [0.1, 0.15) is 5.69 Å². The number of hydrogen-bond acceptors (Lipinski definition) is 2. The number of pyridine rings is 1. The van der Waals surface area contributed by atoms with Crippen molar-refractivity contribution in [1.82, 2.24) is 14.8 Å². The summed E-state index contributed by atoms with van der Waals surface area (Å²) in [7, 11) is 0. The molecule has 0 radical (unpaired) electrons. The number of aromatic nitrogens is 3. The highest BCUT2D eigenvalue weighted by molar-refractivity contribution is 14.1. The van der Waals surface area contributed by atoms with Crippen LogP contribution in [0.5, 0.6) is 0 Å². The zero-order valence-corrected chi connectivity index (χ0v) is 11.9. The van der Waals surface area contributed by atoms with Gasteiger partial charge >= 0.3 is 0 Å². The van der Waals surface area contributed by atoms with Gasteiger partial charge in [0.15, 0.2) is 0 Å². The quantitative estimate of drug-likeness (QED) is 0.680. The molecule has 3 aromatic rings. The van der Waals surface area contributed by atoms with Crippen molar-refractivity contribution in [2.75, 3.05) is 0 Å². The van der Waals surface area contributed by atoms with E-state index < -0.39 is 0 Å². The summed E-state index contributed by atoms with van der Waals surface area (Å²) in [4.78, 5) is 4.33. The molecule has 3 nitrogen and oxygen atoms in total. The van der Waals surface area contributed by atoms with E-state index in [-0.39, 0.29) is 0 Å². The molecule has 0 aliphatic heterocycles. The second kappa shape index (κ2) is 5.06. The molecule has 0 bridgehead atoms. The summed E-state index contributed by atoms with van der Waals surface area (Å²) in [5, 5.41) is 5.63. The van der Waals surface area contributed by atoms with Crippen LogP contribution in [-0.4, -0.2) is 14.8 Å². The molecule has 0 fully saturated rings. The fourth-order valence-electron chi connectivity index (χ4n) is 1.99. The second-order valence-corrected chi connectivity index (χ2v) is 5.39. The lowest BCUT2D eigenvalue weighted by Crippen LogP contribution is -2.03. The summed E-state index contributed by atoms with van der Waals surface area (Å²) in [6.07, 6.45) is 4.66. The Morgan fingerprint density at radius 3 is 2.94 bits per heavy atom. The summed E-state index contributed by atoms with van der Waals surface area (Å²) in [6.45, 7) is 0.862. The van der Waals surface area contributed by atoms with E-state index in [0.29, 0.717) is 0 Å². The number of benzene rings is 1. The first-order valence-electron chi connectivity index (χ1n) is 5.84. The molecule has 18 heavy (non-hydrogen) atoms. The number of fused-ring (bicyclic) bond motifs is 1. The molecule has 3 rings (SSSR count). The average molecular weight is 349 g/mol. The Bertz CT molecular complexity index is 661. The van der Waals surface area contributed by atoms with E-state index in [1.54, 1.807) is 0 Å². The van der Waals surface area contributed by atoms with Crippen molar-refractivity contribution in [3.63, 3.8) is 0 Å². The van der Waals surface area contributed by atoms with Crippen molar-refractivity contribution < 1.29 is 0 Å². The van der Waals surface area contributed by atoms with E-state index in [0.717, 1.165) is 18.7 Å². The van der Waals surface area contributed by atoms with Gasteiger partial charge in [0.1, 0.15) is 0 Å². The van der Waals surface area contributed by atoms with Gasteiger partial charge in [0.2, 0.25) is 0 Å². The van der Waals surface area contributed by atoms with Gasteiger partial charge in [0.25, 0.3) is 0 Å². The summed E-state index contributed by atoms with van der Waals surface area (Å²) in [5.41, 5.74) is 2.30. The standard InChI is InChI=1S/C14H12IN3/c15-12-5-4-11-10-17-18(14(11)9-12)8-6-13-3-1-2-7-16-13/h1-5,7,9-10H,6,8H2. The van der Waals surface area contributed by atoms with Gasteiger partial charge in [-0.1, -0.05) is 12.1 Å². The number of rotatable bonds is 3. The highest BCUT2D eigenvalue weighted by Gasteiger charge is 2.03. The molecular formula is C14H12IN3. The van der Waals surface area contributed by atoms with E-state index in [1.807, 2.05) is 29.2 Å². The van der Waals surface area contributed by atoms with E-state index in [2.05, 4.69) is 56.9 Å². The predicted octanol–water partition coefficient (Wildman–Crippen LogP) is 3.28. The minimum Gasteiger partial charge on any atom is -0.264 e. The largest absolute Gasteiger partial charge is 0.264 e. The zero-order chi connectivity index (χ0) is 12.4. The molecule has 0 N–H and O–H groups in total. The Morgan fingerprint density at radius 2 is 2.11 bits per heavy atom. The molecule has 0 saturated carbocycles. The lowest BCUT2D eigenvalue weighted by molar-refractivity contribution is 0.628. The summed E-state index contributed by atoms with van der Waals surface area (Å²) < 4.78 is 3.28. The minimum atomic E-state index is 0.862. The molecule has 0 unspecified atom stereocenters. The van der Waals surface area contributed by atoms with E-state index in [9.17, 15) is 0 Å². The highest BCUT2D eigenvalue weighted by atomic mass is 127. The Morgan fingerprint density at radius 1 is 1.17 bits per heavy atom. The van der Waals surface area contributed by atoms with Gasteiger partial charge in [-0.25, -0.2) is 0 Å². The van der Waals surface area contributed by atoms with Crippen molar-refractivity contribution in [3.8, 4) is 0 Å². The lowest BCUT2D eigenvalue weighted by atomic mass is 10.2. The molecule has 0 aliphatic carbocycles.